The zero-order valence-corrected chi connectivity index (χ0v) is 7.66. The predicted octanol–water partition coefficient (Wildman–Crippen LogP) is 1.95. The average molecular weight is 184 g/mol. The van der Waals surface area contributed by atoms with E-state index in [9.17, 15) is 4.39 Å². The van der Waals surface area contributed by atoms with Gasteiger partial charge in [0.05, 0.1) is 0 Å². The van der Waals surface area contributed by atoms with E-state index in [-0.39, 0.29) is 5.84 Å². The summed E-state index contributed by atoms with van der Waals surface area (Å²) in [7, 11) is 0. The molecule has 13 heavy (non-hydrogen) atoms. The van der Waals surface area contributed by atoms with E-state index in [0.717, 1.165) is 0 Å². The fraction of sp³-hybridized carbons (Fsp3) is 0.222. The molecule has 0 aliphatic heterocycles. The topological polar surface area (TPSA) is 58.6 Å². The molecular formula is C9H13FN2O. The molecule has 0 amide bonds. The van der Waals surface area contributed by atoms with Gasteiger partial charge < -0.3 is 10.9 Å². The third-order valence-electron chi connectivity index (χ3n) is 1.23. The fourth-order valence-electron chi connectivity index (χ4n) is 0.706. The van der Waals surface area contributed by atoms with E-state index in [4.69, 9.17) is 10.9 Å². The van der Waals surface area contributed by atoms with Crippen molar-refractivity contribution in [2.75, 3.05) is 0 Å². The summed E-state index contributed by atoms with van der Waals surface area (Å²) < 4.78 is 12.5. The summed E-state index contributed by atoms with van der Waals surface area (Å²) in [5.41, 5.74) is 5.56. The Bertz CT molecular complexity index is 287. The van der Waals surface area contributed by atoms with Gasteiger partial charge in [-0.3, -0.25) is 0 Å². The quantitative estimate of drug-likeness (QED) is 0.303. The third-order valence-corrected chi connectivity index (χ3v) is 1.23. The second-order valence-electron chi connectivity index (χ2n) is 2.00. The molecular weight excluding hydrogens is 171 g/mol. The zero-order valence-electron chi connectivity index (χ0n) is 7.66. The maximum Gasteiger partial charge on any atom is 0.170 e. The summed E-state index contributed by atoms with van der Waals surface area (Å²) in [6.07, 6.45) is 0. The van der Waals surface area contributed by atoms with Gasteiger partial charge in [0, 0.05) is 5.56 Å². The van der Waals surface area contributed by atoms with Gasteiger partial charge in [-0.2, -0.15) is 0 Å². The van der Waals surface area contributed by atoms with Crippen molar-refractivity contribution in [3.05, 3.63) is 35.6 Å². The predicted molar refractivity (Wildman–Crippen MR) is 50.3 cm³/mol. The molecule has 3 N–H and O–H groups in total. The molecule has 0 saturated carbocycles. The van der Waals surface area contributed by atoms with E-state index in [2.05, 4.69) is 5.16 Å². The normalized spacial score (nSPS) is 10.2. The van der Waals surface area contributed by atoms with Crippen LogP contribution >= 0.6 is 0 Å². The first-order chi connectivity index (χ1) is 6.24. The number of oxime groups is 1. The van der Waals surface area contributed by atoms with E-state index >= 15 is 0 Å². The number of amidine groups is 1. The van der Waals surface area contributed by atoms with Crippen molar-refractivity contribution in [2.45, 2.75) is 13.8 Å². The monoisotopic (exact) mass is 184 g/mol. The summed E-state index contributed by atoms with van der Waals surface area (Å²) in [5.74, 6) is -0.501. The molecule has 0 aliphatic carbocycles. The van der Waals surface area contributed by atoms with Gasteiger partial charge in [-0.05, 0) is 12.1 Å². The maximum absolute atomic E-state index is 12.5. The number of hydrogen-bond acceptors (Lipinski definition) is 2. The lowest BCUT2D eigenvalue weighted by molar-refractivity contribution is 0.318. The lowest BCUT2D eigenvalue weighted by Crippen LogP contribution is -2.12. The Hall–Kier alpha value is -1.58. The van der Waals surface area contributed by atoms with Crippen LogP contribution in [0.25, 0.3) is 0 Å². The summed E-state index contributed by atoms with van der Waals surface area (Å²) in [4.78, 5) is 0. The molecule has 0 unspecified atom stereocenters. The molecule has 1 aromatic rings. The van der Waals surface area contributed by atoms with E-state index in [1.807, 2.05) is 13.8 Å². The Morgan fingerprint density at radius 1 is 1.46 bits per heavy atom. The highest BCUT2D eigenvalue weighted by Crippen LogP contribution is 2.02. The number of nitrogens with zero attached hydrogens (tertiary/aromatic N) is 1. The van der Waals surface area contributed by atoms with Gasteiger partial charge in [-0.1, -0.05) is 31.1 Å². The zero-order chi connectivity index (χ0) is 10.3. The molecule has 0 saturated heterocycles. The molecule has 4 heteroatoms. The van der Waals surface area contributed by atoms with Gasteiger partial charge in [-0.15, -0.1) is 0 Å². The van der Waals surface area contributed by atoms with Crippen LogP contribution in [-0.2, 0) is 0 Å². The van der Waals surface area contributed by atoms with Crippen LogP contribution in [0, 0.1) is 5.82 Å². The molecule has 72 valence electrons. The molecule has 0 fully saturated rings. The number of nitrogens with two attached hydrogens (primary N) is 1. The van der Waals surface area contributed by atoms with Crippen LogP contribution in [0.5, 0.6) is 0 Å². The number of benzene rings is 1. The number of rotatable bonds is 1. The first kappa shape index (κ1) is 11.4. The van der Waals surface area contributed by atoms with Gasteiger partial charge in [0.1, 0.15) is 5.82 Å². The second-order valence-corrected chi connectivity index (χ2v) is 2.00. The highest BCUT2D eigenvalue weighted by Gasteiger charge is 1.98. The molecule has 0 aliphatic rings. The standard InChI is InChI=1S/C7H7FN2O.C2H6/c8-6-3-1-2-5(4-6)7(9)10-11;1-2/h1-4,11H,(H2,9,10);1-2H3. The van der Waals surface area contributed by atoms with Crippen LogP contribution in [0.4, 0.5) is 4.39 Å². The number of hydrogen-bond donors (Lipinski definition) is 2. The van der Waals surface area contributed by atoms with Crippen molar-refractivity contribution in [1.29, 1.82) is 0 Å². The molecule has 0 aromatic heterocycles. The van der Waals surface area contributed by atoms with Gasteiger partial charge in [0.25, 0.3) is 0 Å². The molecule has 3 nitrogen and oxygen atoms in total. The van der Waals surface area contributed by atoms with Crippen LogP contribution in [0.3, 0.4) is 0 Å². The highest BCUT2D eigenvalue weighted by atomic mass is 19.1. The molecule has 0 spiro atoms. The van der Waals surface area contributed by atoms with Crippen molar-refractivity contribution >= 4 is 5.84 Å². The highest BCUT2D eigenvalue weighted by molar-refractivity contribution is 5.96. The van der Waals surface area contributed by atoms with Gasteiger partial charge in [0.15, 0.2) is 5.84 Å². The summed E-state index contributed by atoms with van der Waals surface area (Å²) >= 11 is 0. The van der Waals surface area contributed by atoms with Crippen molar-refractivity contribution < 1.29 is 9.60 Å². The maximum atomic E-state index is 12.5. The minimum absolute atomic E-state index is 0.0931. The van der Waals surface area contributed by atoms with Gasteiger partial charge in [-0.25, -0.2) is 4.39 Å². The molecule has 0 radical (unpaired) electrons. The van der Waals surface area contributed by atoms with Gasteiger partial charge >= 0.3 is 0 Å². The molecule has 0 bridgehead atoms. The Morgan fingerprint density at radius 2 is 2.08 bits per heavy atom. The van der Waals surface area contributed by atoms with E-state index in [1.165, 1.54) is 18.2 Å². The first-order valence-corrected chi connectivity index (χ1v) is 3.97. The molecule has 1 aromatic carbocycles. The second kappa shape index (κ2) is 5.99. The third kappa shape index (κ3) is 3.55. The summed E-state index contributed by atoms with van der Waals surface area (Å²) in [6.45, 7) is 4.00. The smallest absolute Gasteiger partial charge is 0.170 e. The van der Waals surface area contributed by atoms with E-state index in [1.54, 1.807) is 6.07 Å². The van der Waals surface area contributed by atoms with Crippen molar-refractivity contribution in [2.24, 2.45) is 10.9 Å². The van der Waals surface area contributed by atoms with E-state index < -0.39 is 5.82 Å². The Labute approximate surface area is 76.7 Å². The summed E-state index contributed by atoms with van der Waals surface area (Å²) in [6, 6.07) is 5.52. The van der Waals surface area contributed by atoms with Crippen LogP contribution in [-0.4, -0.2) is 11.0 Å². The Morgan fingerprint density at radius 3 is 2.54 bits per heavy atom. The number of halogens is 1. The average Bonchev–Trinajstić information content (AvgIpc) is 2.20. The molecule has 0 atom stereocenters. The fourth-order valence-corrected chi connectivity index (χ4v) is 0.706. The lowest BCUT2D eigenvalue weighted by Gasteiger charge is -1.96. The van der Waals surface area contributed by atoms with Crippen molar-refractivity contribution in [1.82, 2.24) is 0 Å². The van der Waals surface area contributed by atoms with Crippen molar-refractivity contribution in [3.8, 4) is 0 Å². The first-order valence-electron chi connectivity index (χ1n) is 3.97. The van der Waals surface area contributed by atoms with Crippen LogP contribution in [0.2, 0.25) is 0 Å². The minimum Gasteiger partial charge on any atom is -0.409 e. The molecule has 1 rings (SSSR count). The van der Waals surface area contributed by atoms with E-state index in [0.29, 0.717) is 5.56 Å². The summed E-state index contributed by atoms with van der Waals surface area (Å²) in [5, 5.41) is 10.9. The molecule has 0 heterocycles. The van der Waals surface area contributed by atoms with Crippen molar-refractivity contribution in [3.63, 3.8) is 0 Å². The largest absolute Gasteiger partial charge is 0.409 e. The lowest BCUT2D eigenvalue weighted by atomic mass is 10.2. The Balaban J connectivity index is 0.000000671. The van der Waals surface area contributed by atoms with Crippen LogP contribution in [0.1, 0.15) is 19.4 Å². The Kier molecular flexibility index (Phi) is 5.27. The van der Waals surface area contributed by atoms with Gasteiger partial charge in [0.2, 0.25) is 0 Å². The van der Waals surface area contributed by atoms with Crippen LogP contribution < -0.4 is 5.73 Å². The SMILES string of the molecule is CC.N/C(=N\O)c1cccc(F)c1. The van der Waals surface area contributed by atoms with Crippen LogP contribution in [0.15, 0.2) is 29.4 Å². The minimum atomic E-state index is -0.408.